The van der Waals surface area contributed by atoms with Crippen molar-refractivity contribution < 1.29 is 4.79 Å². The highest BCUT2D eigenvalue weighted by molar-refractivity contribution is 7.22. The molecule has 1 amide bonds. The minimum atomic E-state index is 0.123. The quantitative estimate of drug-likeness (QED) is 0.683. The van der Waals surface area contributed by atoms with Crippen LogP contribution in [0.15, 0.2) is 42.6 Å². The Morgan fingerprint density at radius 3 is 2.84 bits per heavy atom. The Bertz CT molecular complexity index is 884. The van der Waals surface area contributed by atoms with E-state index in [9.17, 15) is 4.79 Å². The van der Waals surface area contributed by atoms with Crippen LogP contribution in [0, 0.1) is 12.8 Å². The van der Waals surface area contributed by atoms with Crippen molar-refractivity contribution in [2.75, 3.05) is 4.90 Å². The molecule has 4 nitrogen and oxygen atoms in total. The number of benzene rings is 1. The van der Waals surface area contributed by atoms with Crippen LogP contribution in [0.3, 0.4) is 0 Å². The van der Waals surface area contributed by atoms with Crippen molar-refractivity contribution in [1.82, 2.24) is 9.97 Å². The average molecular weight is 351 g/mol. The van der Waals surface area contributed by atoms with Crippen LogP contribution < -0.4 is 4.90 Å². The molecule has 128 valence electrons. The Labute approximate surface area is 151 Å². The summed E-state index contributed by atoms with van der Waals surface area (Å²) in [6.07, 6.45) is 6.04. The summed E-state index contributed by atoms with van der Waals surface area (Å²) in [5.41, 5.74) is 3.06. The number of hydrogen-bond donors (Lipinski definition) is 0. The van der Waals surface area contributed by atoms with Gasteiger partial charge in [0.15, 0.2) is 5.13 Å². The first kappa shape index (κ1) is 16.2. The van der Waals surface area contributed by atoms with E-state index in [1.54, 1.807) is 17.5 Å². The van der Waals surface area contributed by atoms with E-state index in [0.29, 0.717) is 6.54 Å². The molecule has 4 rings (SSSR count). The number of aromatic nitrogens is 2. The van der Waals surface area contributed by atoms with Crippen molar-refractivity contribution in [2.45, 2.75) is 39.2 Å². The fraction of sp³-hybridized carbons (Fsp3) is 0.350. The Hall–Kier alpha value is -2.27. The molecular weight excluding hydrogens is 330 g/mol. The molecule has 0 bridgehead atoms. The van der Waals surface area contributed by atoms with Crippen LogP contribution in [0.5, 0.6) is 0 Å². The van der Waals surface area contributed by atoms with Gasteiger partial charge in [0.1, 0.15) is 0 Å². The van der Waals surface area contributed by atoms with Gasteiger partial charge in [-0.1, -0.05) is 36.3 Å². The zero-order valence-corrected chi connectivity index (χ0v) is 15.1. The third-order valence-electron chi connectivity index (χ3n) is 4.78. The molecule has 1 fully saturated rings. The molecule has 2 heterocycles. The van der Waals surface area contributed by atoms with Gasteiger partial charge in [-0.05, 0) is 49.6 Å². The smallest absolute Gasteiger partial charge is 0.232 e. The number of carbonyl (C=O) groups is 1. The summed E-state index contributed by atoms with van der Waals surface area (Å²) in [5, 5.41) is 0.781. The molecule has 25 heavy (non-hydrogen) atoms. The molecule has 0 spiro atoms. The van der Waals surface area contributed by atoms with Gasteiger partial charge < -0.3 is 0 Å². The van der Waals surface area contributed by atoms with Crippen LogP contribution in [0.2, 0.25) is 0 Å². The van der Waals surface area contributed by atoms with Gasteiger partial charge >= 0.3 is 0 Å². The van der Waals surface area contributed by atoms with Gasteiger partial charge in [-0.25, -0.2) is 4.98 Å². The van der Waals surface area contributed by atoms with E-state index in [2.05, 4.69) is 24.0 Å². The lowest BCUT2D eigenvalue weighted by atomic mass is 10.1. The summed E-state index contributed by atoms with van der Waals surface area (Å²) in [7, 11) is 0. The molecule has 1 saturated carbocycles. The highest BCUT2D eigenvalue weighted by Gasteiger charge is 2.30. The number of rotatable bonds is 4. The first-order chi connectivity index (χ1) is 12.2. The molecule has 0 aliphatic heterocycles. The van der Waals surface area contributed by atoms with Crippen LogP contribution in [-0.4, -0.2) is 15.9 Å². The minimum Gasteiger partial charge on any atom is -0.282 e. The normalized spacial score (nSPS) is 14.9. The van der Waals surface area contributed by atoms with Crippen LogP contribution in [-0.2, 0) is 11.3 Å². The van der Waals surface area contributed by atoms with Gasteiger partial charge in [0.2, 0.25) is 5.91 Å². The number of anilines is 1. The largest absolute Gasteiger partial charge is 0.282 e. The lowest BCUT2D eigenvalue weighted by molar-refractivity contribution is -0.122. The third kappa shape index (κ3) is 3.42. The predicted octanol–water partition coefficient (Wildman–Crippen LogP) is 4.72. The van der Waals surface area contributed by atoms with Gasteiger partial charge in [-0.3, -0.25) is 14.7 Å². The minimum absolute atomic E-state index is 0.123. The standard InChI is InChI=1S/C20H21N3OS/c1-14-9-10-17-18(12-14)25-20(22-17)23(13-16-8-4-5-11-21-16)19(24)15-6-2-3-7-15/h4-5,8-12,15H,2-3,6-7,13H2,1H3. The number of pyridine rings is 1. The maximum atomic E-state index is 13.2. The molecule has 1 aliphatic rings. The molecule has 1 aromatic carbocycles. The predicted molar refractivity (Wildman–Crippen MR) is 102 cm³/mol. The number of hydrogen-bond acceptors (Lipinski definition) is 4. The van der Waals surface area contributed by atoms with Gasteiger partial charge in [0.05, 0.1) is 22.5 Å². The number of carbonyl (C=O) groups excluding carboxylic acids is 1. The summed E-state index contributed by atoms with van der Waals surface area (Å²) in [6, 6.07) is 12.1. The van der Waals surface area contributed by atoms with Gasteiger partial charge in [0.25, 0.3) is 0 Å². The monoisotopic (exact) mass is 351 g/mol. The maximum absolute atomic E-state index is 13.2. The second-order valence-electron chi connectivity index (χ2n) is 6.69. The molecule has 0 radical (unpaired) electrons. The topological polar surface area (TPSA) is 46.1 Å². The number of aryl methyl sites for hydroxylation is 1. The van der Waals surface area contributed by atoms with Crippen molar-refractivity contribution in [1.29, 1.82) is 0 Å². The Morgan fingerprint density at radius 2 is 2.08 bits per heavy atom. The van der Waals surface area contributed by atoms with E-state index in [1.165, 1.54) is 5.56 Å². The summed E-state index contributed by atoms with van der Waals surface area (Å²) >= 11 is 1.59. The van der Waals surface area contributed by atoms with Crippen LogP contribution >= 0.6 is 11.3 Å². The Balaban J connectivity index is 1.71. The number of nitrogens with zero attached hydrogens (tertiary/aromatic N) is 3. The van der Waals surface area contributed by atoms with Gasteiger partial charge in [0, 0.05) is 12.1 Å². The van der Waals surface area contributed by atoms with Crippen molar-refractivity contribution in [3.05, 3.63) is 53.9 Å². The van der Waals surface area contributed by atoms with E-state index in [4.69, 9.17) is 4.98 Å². The molecule has 0 saturated heterocycles. The average Bonchev–Trinajstić information content (AvgIpc) is 3.29. The van der Waals surface area contributed by atoms with Crippen molar-refractivity contribution in [3.63, 3.8) is 0 Å². The zero-order valence-electron chi connectivity index (χ0n) is 14.3. The first-order valence-electron chi connectivity index (χ1n) is 8.79. The van der Waals surface area contributed by atoms with E-state index in [-0.39, 0.29) is 11.8 Å². The Kier molecular flexibility index (Phi) is 4.49. The molecule has 0 atom stereocenters. The summed E-state index contributed by atoms with van der Waals surface area (Å²) in [6.45, 7) is 2.56. The summed E-state index contributed by atoms with van der Waals surface area (Å²) < 4.78 is 1.13. The third-order valence-corrected chi connectivity index (χ3v) is 5.82. The highest BCUT2D eigenvalue weighted by atomic mass is 32.1. The number of fused-ring (bicyclic) bond motifs is 1. The second-order valence-corrected chi connectivity index (χ2v) is 7.70. The maximum Gasteiger partial charge on any atom is 0.232 e. The lowest BCUT2D eigenvalue weighted by Gasteiger charge is -2.22. The lowest BCUT2D eigenvalue weighted by Crippen LogP contribution is -2.35. The number of amides is 1. The van der Waals surface area contributed by atoms with E-state index in [0.717, 1.165) is 46.7 Å². The molecule has 0 N–H and O–H groups in total. The van der Waals surface area contributed by atoms with Gasteiger partial charge in [-0.2, -0.15) is 0 Å². The molecule has 3 aromatic rings. The SMILES string of the molecule is Cc1ccc2nc(N(Cc3ccccn3)C(=O)C3CCCC3)sc2c1. The fourth-order valence-corrected chi connectivity index (χ4v) is 4.49. The Morgan fingerprint density at radius 1 is 1.24 bits per heavy atom. The summed E-state index contributed by atoms with van der Waals surface area (Å²) in [4.78, 5) is 24.1. The molecular formula is C20H21N3OS. The molecule has 2 aromatic heterocycles. The van der Waals surface area contributed by atoms with Crippen molar-refractivity contribution in [2.24, 2.45) is 5.92 Å². The first-order valence-corrected chi connectivity index (χ1v) is 9.61. The van der Waals surface area contributed by atoms with Crippen molar-refractivity contribution >= 4 is 32.6 Å². The molecule has 1 aliphatic carbocycles. The van der Waals surface area contributed by atoms with E-state index >= 15 is 0 Å². The highest BCUT2D eigenvalue weighted by Crippen LogP contribution is 2.34. The summed E-state index contributed by atoms with van der Waals surface area (Å²) in [5.74, 6) is 0.316. The van der Waals surface area contributed by atoms with Gasteiger partial charge in [-0.15, -0.1) is 0 Å². The van der Waals surface area contributed by atoms with E-state index in [1.807, 2.05) is 29.2 Å². The number of thiazole rings is 1. The van der Waals surface area contributed by atoms with E-state index < -0.39 is 0 Å². The van der Waals surface area contributed by atoms with Crippen LogP contribution in [0.25, 0.3) is 10.2 Å². The van der Waals surface area contributed by atoms with Crippen LogP contribution in [0.1, 0.15) is 36.9 Å². The van der Waals surface area contributed by atoms with Crippen LogP contribution in [0.4, 0.5) is 5.13 Å². The molecule has 5 heteroatoms. The van der Waals surface area contributed by atoms with Crippen molar-refractivity contribution in [3.8, 4) is 0 Å². The fourth-order valence-electron chi connectivity index (χ4n) is 3.42. The second kappa shape index (κ2) is 6.92. The zero-order chi connectivity index (χ0) is 17.2. The molecule has 0 unspecified atom stereocenters.